The third-order valence-electron chi connectivity index (χ3n) is 2.49. The molecule has 0 unspecified atom stereocenters. The topological polar surface area (TPSA) is 52.5 Å². The van der Waals surface area contributed by atoms with E-state index in [9.17, 15) is 0 Å². The smallest absolute Gasteiger partial charge is 0.139 e. The molecule has 0 aliphatic rings. The molecule has 2 aromatic rings. The highest BCUT2D eigenvalue weighted by Crippen LogP contribution is 2.15. The maximum Gasteiger partial charge on any atom is 0.139 e. The molecule has 0 radical (unpaired) electrons. The molecule has 4 heteroatoms. The van der Waals surface area contributed by atoms with Crippen molar-refractivity contribution in [3.05, 3.63) is 35.8 Å². The van der Waals surface area contributed by atoms with Gasteiger partial charge in [-0.1, -0.05) is 6.07 Å². The second-order valence-electron chi connectivity index (χ2n) is 3.63. The lowest BCUT2D eigenvalue weighted by molar-refractivity contribution is 0.179. The highest BCUT2D eigenvalue weighted by molar-refractivity contribution is 5.48. The average molecular weight is 205 g/mol. The Labute approximate surface area is 88.7 Å². The zero-order valence-electron chi connectivity index (χ0n) is 8.97. The van der Waals surface area contributed by atoms with E-state index < -0.39 is 0 Å². The number of nitrogens with two attached hydrogens (primary N) is 1. The van der Waals surface area contributed by atoms with Crippen LogP contribution < -0.4 is 5.73 Å². The summed E-state index contributed by atoms with van der Waals surface area (Å²) in [6, 6.07) is 3.90. The second kappa shape index (κ2) is 4.00. The molecule has 0 aliphatic carbocycles. The summed E-state index contributed by atoms with van der Waals surface area (Å²) >= 11 is 0. The van der Waals surface area contributed by atoms with Crippen LogP contribution >= 0.6 is 0 Å². The first-order valence-electron chi connectivity index (χ1n) is 4.91. The summed E-state index contributed by atoms with van der Waals surface area (Å²) in [7, 11) is 1.65. The van der Waals surface area contributed by atoms with Gasteiger partial charge in [0.25, 0.3) is 0 Å². The van der Waals surface area contributed by atoms with E-state index in [-0.39, 0.29) is 6.04 Å². The maximum absolute atomic E-state index is 5.98. The van der Waals surface area contributed by atoms with E-state index in [2.05, 4.69) is 4.98 Å². The van der Waals surface area contributed by atoms with Crippen molar-refractivity contribution in [1.29, 1.82) is 0 Å². The molecule has 0 aromatic carbocycles. The van der Waals surface area contributed by atoms with Crippen LogP contribution in [-0.2, 0) is 4.74 Å². The number of fused-ring (bicyclic) bond motifs is 1. The molecule has 80 valence electrons. The largest absolute Gasteiger partial charge is 0.383 e. The average Bonchev–Trinajstić information content (AvgIpc) is 2.63. The predicted octanol–water partition coefficient (Wildman–Crippen LogP) is 1.29. The summed E-state index contributed by atoms with van der Waals surface area (Å²) < 4.78 is 7.05. The number of aromatic nitrogens is 2. The first-order valence-corrected chi connectivity index (χ1v) is 4.91. The number of nitrogens with zero attached hydrogens (tertiary/aromatic N) is 2. The van der Waals surface area contributed by atoms with Gasteiger partial charge in [0.2, 0.25) is 0 Å². The summed E-state index contributed by atoms with van der Waals surface area (Å²) in [5, 5.41) is 0. The Balaban J connectivity index is 2.49. The van der Waals surface area contributed by atoms with Crippen LogP contribution in [0.25, 0.3) is 5.65 Å². The highest BCUT2D eigenvalue weighted by Gasteiger charge is 2.11. The van der Waals surface area contributed by atoms with Crippen LogP contribution in [-0.4, -0.2) is 23.1 Å². The molecule has 0 bridgehead atoms. The molecule has 2 aromatic heterocycles. The SMILES string of the molecule is COC[C@H](N)c1cnc2c(C)cccn12. The molecule has 0 amide bonds. The molecule has 4 nitrogen and oxygen atoms in total. The summed E-state index contributed by atoms with van der Waals surface area (Å²) in [5.41, 5.74) is 9.07. The van der Waals surface area contributed by atoms with Crippen LogP contribution in [0.5, 0.6) is 0 Å². The number of aryl methyl sites for hydroxylation is 1. The number of methoxy groups -OCH3 is 1. The number of rotatable bonds is 3. The number of imidazole rings is 1. The Kier molecular flexibility index (Phi) is 2.70. The van der Waals surface area contributed by atoms with Gasteiger partial charge >= 0.3 is 0 Å². The van der Waals surface area contributed by atoms with Crippen LogP contribution in [0, 0.1) is 6.92 Å². The number of ether oxygens (including phenoxy) is 1. The van der Waals surface area contributed by atoms with E-state index in [1.165, 1.54) is 0 Å². The van der Waals surface area contributed by atoms with Crippen LogP contribution in [0.15, 0.2) is 24.5 Å². The third kappa shape index (κ3) is 1.73. The van der Waals surface area contributed by atoms with Gasteiger partial charge in [-0.05, 0) is 18.6 Å². The Morgan fingerprint density at radius 3 is 3.13 bits per heavy atom. The van der Waals surface area contributed by atoms with Crippen LogP contribution in [0.3, 0.4) is 0 Å². The minimum absolute atomic E-state index is 0.133. The standard InChI is InChI=1S/C11H15N3O/c1-8-4-3-5-14-10(6-13-11(8)14)9(12)7-15-2/h3-6,9H,7,12H2,1-2H3/t9-/m0/s1. The van der Waals surface area contributed by atoms with E-state index in [1.54, 1.807) is 7.11 Å². The van der Waals surface area contributed by atoms with Gasteiger partial charge in [0.1, 0.15) is 5.65 Å². The highest BCUT2D eigenvalue weighted by atomic mass is 16.5. The van der Waals surface area contributed by atoms with Crippen molar-refractivity contribution in [2.24, 2.45) is 5.73 Å². The van der Waals surface area contributed by atoms with Gasteiger partial charge < -0.3 is 14.9 Å². The number of hydrogen-bond acceptors (Lipinski definition) is 3. The van der Waals surface area contributed by atoms with E-state index in [4.69, 9.17) is 10.5 Å². The fraction of sp³-hybridized carbons (Fsp3) is 0.364. The van der Waals surface area contributed by atoms with Crippen molar-refractivity contribution >= 4 is 5.65 Å². The fourth-order valence-electron chi connectivity index (χ4n) is 1.71. The molecule has 15 heavy (non-hydrogen) atoms. The van der Waals surface area contributed by atoms with E-state index in [0.29, 0.717) is 6.61 Å². The molecule has 2 rings (SSSR count). The van der Waals surface area contributed by atoms with Crippen LogP contribution in [0.2, 0.25) is 0 Å². The van der Waals surface area contributed by atoms with Crippen molar-refractivity contribution in [2.75, 3.05) is 13.7 Å². The van der Waals surface area contributed by atoms with Gasteiger partial charge in [0.05, 0.1) is 24.5 Å². The molecule has 2 N–H and O–H groups in total. The molecule has 0 fully saturated rings. The Morgan fingerprint density at radius 2 is 2.40 bits per heavy atom. The molecule has 1 atom stereocenters. The molecule has 0 saturated heterocycles. The van der Waals surface area contributed by atoms with Crippen molar-refractivity contribution in [1.82, 2.24) is 9.38 Å². The normalized spacial score (nSPS) is 13.3. The van der Waals surface area contributed by atoms with Gasteiger partial charge in [-0.15, -0.1) is 0 Å². The summed E-state index contributed by atoms with van der Waals surface area (Å²) in [6.07, 6.45) is 3.78. The van der Waals surface area contributed by atoms with Gasteiger partial charge in [-0.25, -0.2) is 4.98 Å². The fourth-order valence-corrected chi connectivity index (χ4v) is 1.71. The molecular formula is C11H15N3O. The Morgan fingerprint density at radius 1 is 1.60 bits per heavy atom. The Hall–Kier alpha value is -1.39. The number of hydrogen-bond donors (Lipinski definition) is 1. The van der Waals surface area contributed by atoms with Crippen molar-refractivity contribution in [3.8, 4) is 0 Å². The second-order valence-corrected chi connectivity index (χ2v) is 3.63. The molecule has 0 saturated carbocycles. The summed E-state index contributed by atoms with van der Waals surface area (Å²) in [4.78, 5) is 4.35. The van der Waals surface area contributed by atoms with Gasteiger partial charge in [-0.3, -0.25) is 0 Å². The lowest BCUT2D eigenvalue weighted by atomic mass is 10.2. The van der Waals surface area contributed by atoms with Crippen molar-refractivity contribution in [3.63, 3.8) is 0 Å². The van der Waals surface area contributed by atoms with E-state index >= 15 is 0 Å². The van der Waals surface area contributed by atoms with Crippen LogP contribution in [0.4, 0.5) is 0 Å². The summed E-state index contributed by atoms with van der Waals surface area (Å²) in [6.45, 7) is 2.54. The third-order valence-corrected chi connectivity index (χ3v) is 2.49. The lowest BCUT2D eigenvalue weighted by Gasteiger charge is -2.10. The first-order chi connectivity index (χ1) is 7.24. The van der Waals surface area contributed by atoms with Gasteiger partial charge in [0.15, 0.2) is 0 Å². The Bertz CT molecular complexity index is 464. The van der Waals surface area contributed by atoms with E-state index in [1.807, 2.05) is 35.9 Å². The molecule has 0 aliphatic heterocycles. The van der Waals surface area contributed by atoms with Gasteiger partial charge in [0, 0.05) is 13.3 Å². The van der Waals surface area contributed by atoms with Gasteiger partial charge in [-0.2, -0.15) is 0 Å². The zero-order chi connectivity index (χ0) is 10.8. The molecule has 2 heterocycles. The quantitative estimate of drug-likeness (QED) is 0.821. The van der Waals surface area contributed by atoms with Crippen molar-refractivity contribution < 1.29 is 4.74 Å². The monoisotopic (exact) mass is 205 g/mol. The minimum atomic E-state index is -0.133. The predicted molar refractivity (Wildman–Crippen MR) is 58.7 cm³/mol. The maximum atomic E-state index is 5.98. The van der Waals surface area contributed by atoms with Crippen molar-refractivity contribution in [2.45, 2.75) is 13.0 Å². The first kappa shape index (κ1) is 10.1. The summed E-state index contributed by atoms with van der Waals surface area (Å²) in [5.74, 6) is 0. The zero-order valence-corrected chi connectivity index (χ0v) is 8.97. The lowest BCUT2D eigenvalue weighted by Crippen LogP contribution is -2.17. The number of pyridine rings is 1. The van der Waals surface area contributed by atoms with E-state index in [0.717, 1.165) is 16.9 Å². The van der Waals surface area contributed by atoms with Crippen LogP contribution in [0.1, 0.15) is 17.3 Å². The molecule has 0 spiro atoms. The molecular weight excluding hydrogens is 190 g/mol. The minimum Gasteiger partial charge on any atom is -0.383 e.